The molecule has 4 unspecified atom stereocenters. The fourth-order valence-electron chi connectivity index (χ4n) is 5.09. The number of rotatable bonds is 5. The molecule has 2 heterocycles. The first-order valence-electron chi connectivity index (χ1n) is 11.3. The molecule has 0 aromatic heterocycles. The van der Waals surface area contributed by atoms with E-state index >= 15 is 0 Å². The molecule has 1 saturated carbocycles. The summed E-state index contributed by atoms with van der Waals surface area (Å²) in [7, 11) is 2.05. The lowest BCUT2D eigenvalue weighted by Crippen LogP contribution is -2.51. The van der Waals surface area contributed by atoms with Gasteiger partial charge in [0.2, 0.25) is 0 Å². The second kappa shape index (κ2) is 8.96. The summed E-state index contributed by atoms with van der Waals surface area (Å²) in [6, 6.07) is 15.8. The molecular weight excluding hydrogens is 406 g/mol. The Labute approximate surface area is 188 Å². The minimum absolute atomic E-state index is 0.0838. The van der Waals surface area contributed by atoms with Crippen LogP contribution < -0.4 is 9.47 Å². The molecule has 0 spiro atoms. The molecule has 6 nitrogen and oxygen atoms in total. The van der Waals surface area contributed by atoms with Crippen LogP contribution in [0.15, 0.2) is 54.8 Å². The third kappa shape index (κ3) is 4.12. The summed E-state index contributed by atoms with van der Waals surface area (Å²) in [6.45, 7) is 2.48. The van der Waals surface area contributed by atoms with Crippen LogP contribution in [0.1, 0.15) is 24.0 Å². The molecule has 4 atom stereocenters. The minimum Gasteiger partial charge on any atom is -0.496 e. The fourth-order valence-corrected chi connectivity index (χ4v) is 5.09. The summed E-state index contributed by atoms with van der Waals surface area (Å²) in [4.78, 5) is 15.6. The number of carbonyl (C=O) groups excluding carboxylic acids is 1. The zero-order chi connectivity index (χ0) is 22.1. The van der Waals surface area contributed by atoms with E-state index in [4.69, 9.17) is 14.2 Å². The molecule has 2 aromatic rings. The number of hydrogen-bond acceptors (Lipinski definition) is 6. The van der Waals surface area contributed by atoms with Crippen LogP contribution in [0.5, 0.6) is 11.5 Å². The highest BCUT2D eigenvalue weighted by Gasteiger charge is 2.46. The number of fused-ring (bicyclic) bond motifs is 2. The molecule has 6 heteroatoms. The van der Waals surface area contributed by atoms with E-state index in [9.17, 15) is 9.90 Å². The van der Waals surface area contributed by atoms with E-state index in [1.54, 1.807) is 6.26 Å². The van der Waals surface area contributed by atoms with Crippen molar-refractivity contribution in [2.24, 2.45) is 11.8 Å². The SMILES string of the molecule is CN(Cc1ccccc1)CC1C(O)CCC2C(=O)C(c3ccc4c(c3)OCCO4)=COC21. The second-order valence-corrected chi connectivity index (χ2v) is 8.95. The largest absolute Gasteiger partial charge is 0.496 e. The third-order valence-electron chi connectivity index (χ3n) is 6.70. The summed E-state index contributed by atoms with van der Waals surface area (Å²) in [5.41, 5.74) is 2.57. The number of aliphatic hydroxyl groups excluding tert-OH is 1. The van der Waals surface area contributed by atoms with E-state index in [1.165, 1.54) is 5.56 Å². The molecule has 0 radical (unpaired) electrons. The quantitative estimate of drug-likeness (QED) is 0.778. The standard InChI is InChI=1S/C26H29NO5/c1-27(14-17-5-3-2-4-6-17)15-20-22(28)9-8-19-25(29)21(16-32-26(19)20)18-7-10-23-24(13-18)31-12-11-30-23/h2-7,10,13,16,19-20,22,26,28H,8-9,11-12,14-15H2,1H3. The topological polar surface area (TPSA) is 68.2 Å². The van der Waals surface area contributed by atoms with Gasteiger partial charge < -0.3 is 24.2 Å². The van der Waals surface area contributed by atoms with Crippen molar-refractivity contribution in [2.45, 2.75) is 31.6 Å². The predicted octanol–water partition coefficient (Wildman–Crippen LogP) is 3.29. The molecule has 1 aliphatic carbocycles. The number of Topliss-reactive ketones (excluding diaryl/α,β-unsaturated/α-hetero) is 1. The van der Waals surface area contributed by atoms with Crippen molar-refractivity contribution in [1.29, 1.82) is 0 Å². The summed E-state index contributed by atoms with van der Waals surface area (Å²) in [5, 5.41) is 10.8. The van der Waals surface area contributed by atoms with E-state index in [2.05, 4.69) is 17.0 Å². The zero-order valence-electron chi connectivity index (χ0n) is 18.3. The highest BCUT2D eigenvalue weighted by Crippen LogP contribution is 2.41. The van der Waals surface area contributed by atoms with E-state index in [-0.39, 0.29) is 23.7 Å². The number of aliphatic hydroxyl groups is 1. The van der Waals surface area contributed by atoms with Crippen LogP contribution >= 0.6 is 0 Å². The van der Waals surface area contributed by atoms with Crippen molar-refractivity contribution in [3.63, 3.8) is 0 Å². The number of ether oxygens (including phenoxy) is 3. The highest BCUT2D eigenvalue weighted by atomic mass is 16.6. The monoisotopic (exact) mass is 435 g/mol. The average molecular weight is 436 g/mol. The molecule has 0 amide bonds. The Morgan fingerprint density at radius 2 is 1.81 bits per heavy atom. The van der Waals surface area contributed by atoms with Gasteiger partial charge in [-0.15, -0.1) is 0 Å². The number of carbonyl (C=O) groups is 1. The highest BCUT2D eigenvalue weighted by molar-refractivity contribution is 6.22. The number of ketones is 1. The molecule has 1 fully saturated rings. The maximum atomic E-state index is 13.4. The lowest BCUT2D eigenvalue weighted by atomic mass is 9.72. The minimum atomic E-state index is -0.480. The van der Waals surface area contributed by atoms with Gasteiger partial charge in [-0.3, -0.25) is 4.79 Å². The number of hydrogen-bond donors (Lipinski definition) is 1. The second-order valence-electron chi connectivity index (χ2n) is 8.95. The maximum Gasteiger partial charge on any atom is 0.173 e. The Morgan fingerprint density at radius 3 is 2.62 bits per heavy atom. The first kappa shape index (κ1) is 21.0. The molecule has 2 aromatic carbocycles. The smallest absolute Gasteiger partial charge is 0.173 e. The van der Waals surface area contributed by atoms with Crippen LogP contribution in [0.4, 0.5) is 0 Å². The Morgan fingerprint density at radius 1 is 1.03 bits per heavy atom. The van der Waals surface area contributed by atoms with Crippen molar-refractivity contribution in [3.8, 4) is 11.5 Å². The summed E-state index contributed by atoms with van der Waals surface area (Å²) in [6.07, 6.45) is 2.02. The van der Waals surface area contributed by atoms with Gasteiger partial charge in [0.25, 0.3) is 0 Å². The molecule has 0 saturated heterocycles. The van der Waals surface area contributed by atoms with Crippen LogP contribution in [0.2, 0.25) is 0 Å². The number of benzene rings is 2. The van der Waals surface area contributed by atoms with E-state index in [1.807, 2.05) is 43.4 Å². The van der Waals surface area contributed by atoms with E-state index in [0.29, 0.717) is 49.7 Å². The fraction of sp³-hybridized carbons (Fsp3) is 0.423. The molecule has 1 N–H and O–H groups in total. The van der Waals surface area contributed by atoms with Crippen LogP contribution in [0.3, 0.4) is 0 Å². The first-order valence-corrected chi connectivity index (χ1v) is 11.3. The van der Waals surface area contributed by atoms with Crippen LogP contribution in [0.25, 0.3) is 5.57 Å². The Bertz CT molecular complexity index is 1000. The van der Waals surface area contributed by atoms with Gasteiger partial charge in [0, 0.05) is 19.0 Å². The molecule has 32 heavy (non-hydrogen) atoms. The first-order chi connectivity index (χ1) is 15.6. The molecule has 5 rings (SSSR count). The van der Waals surface area contributed by atoms with Crippen molar-refractivity contribution < 1.29 is 24.1 Å². The van der Waals surface area contributed by atoms with Gasteiger partial charge in [-0.05, 0) is 43.1 Å². The molecule has 0 bridgehead atoms. The lowest BCUT2D eigenvalue weighted by Gasteiger charge is -2.43. The predicted molar refractivity (Wildman–Crippen MR) is 120 cm³/mol. The van der Waals surface area contributed by atoms with Crippen molar-refractivity contribution >= 4 is 11.4 Å². The number of nitrogens with zero attached hydrogens (tertiary/aromatic N) is 1. The van der Waals surface area contributed by atoms with Crippen LogP contribution in [-0.4, -0.2) is 54.8 Å². The van der Waals surface area contributed by atoms with Crippen molar-refractivity contribution in [3.05, 3.63) is 65.9 Å². The molecule has 168 valence electrons. The Kier molecular flexibility index (Phi) is 5.89. The third-order valence-corrected chi connectivity index (χ3v) is 6.70. The van der Waals surface area contributed by atoms with Gasteiger partial charge in [0.05, 0.1) is 23.9 Å². The van der Waals surface area contributed by atoms with Crippen LogP contribution in [0, 0.1) is 11.8 Å². The van der Waals surface area contributed by atoms with Crippen molar-refractivity contribution in [1.82, 2.24) is 4.90 Å². The van der Waals surface area contributed by atoms with E-state index in [0.717, 1.165) is 12.1 Å². The molecule has 2 aliphatic heterocycles. The number of allylic oxidation sites excluding steroid dienone is 1. The maximum absolute atomic E-state index is 13.4. The average Bonchev–Trinajstić information content (AvgIpc) is 2.81. The van der Waals surface area contributed by atoms with Gasteiger partial charge in [-0.2, -0.15) is 0 Å². The summed E-state index contributed by atoms with van der Waals surface area (Å²) >= 11 is 0. The zero-order valence-corrected chi connectivity index (χ0v) is 18.3. The van der Waals surface area contributed by atoms with Gasteiger partial charge >= 0.3 is 0 Å². The lowest BCUT2D eigenvalue weighted by molar-refractivity contribution is -0.133. The molecular formula is C26H29NO5. The van der Waals surface area contributed by atoms with E-state index < -0.39 is 6.10 Å². The van der Waals surface area contributed by atoms with Gasteiger partial charge in [-0.25, -0.2) is 0 Å². The van der Waals surface area contributed by atoms with Crippen LogP contribution in [-0.2, 0) is 16.1 Å². The van der Waals surface area contributed by atoms with Gasteiger partial charge in [0.1, 0.15) is 19.3 Å². The summed E-state index contributed by atoms with van der Waals surface area (Å²) in [5.74, 6) is 1.07. The van der Waals surface area contributed by atoms with Crippen molar-refractivity contribution in [2.75, 3.05) is 26.8 Å². The normalized spacial score (nSPS) is 26.8. The Hall–Kier alpha value is -2.83. The Balaban J connectivity index is 1.33. The van der Waals surface area contributed by atoms with Gasteiger partial charge in [0.15, 0.2) is 17.3 Å². The van der Waals surface area contributed by atoms with Gasteiger partial charge in [-0.1, -0.05) is 36.4 Å². The molecule has 3 aliphatic rings. The summed E-state index contributed by atoms with van der Waals surface area (Å²) < 4.78 is 17.4.